The van der Waals surface area contributed by atoms with E-state index in [2.05, 4.69) is 4.74 Å². The molecule has 0 fully saturated rings. The van der Waals surface area contributed by atoms with Gasteiger partial charge in [-0.05, 0) is 0 Å². The number of cyclic esters (lactones) is 1. The third kappa shape index (κ3) is 1.63. The summed E-state index contributed by atoms with van der Waals surface area (Å²) >= 11 is 0. The molecule has 1 aliphatic heterocycles. The number of carbonyl (C=O) groups excluding carboxylic acids is 1. The molecule has 3 N–H and O–H groups in total. The van der Waals surface area contributed by atoms with E-state index in [1.54, 1.807) is 0 Å². The van der Waals surface area contributed by atoms with E-state index in [0.717, 1.165) is 6.08 Å². The van der Waals surface area contributed by atoms with Gasteiger partial charge in [-0.15, -0.1) is 0 Å². The van der Waals surface area contributed by atoms with E-state index in [9.17, 15) is 4.79 Å². The Morgan fingerprint density at radius 2 is 2.25 bits per heavy atom. The second-order valence-corrected chi connectivity index (χ2v) is 2.45. The van der Waals surface area contributed by atoms with Gasteiger partial charge in [0.05, 0.1) is 13.2 Å². The highest BCUT2D eigenvalue weighted by Crippen LogP contribution is 2.18. The minimum Gasteiger partial charge on any atom is -0.452 e. The molecule has 0 aliphatic carbocycles. The zero-order valence-corrected chi connectivity index (χ0v) is 6.30. The molecule has 5 nitrogen and oxygen atoms in total. The van der Waals surface area contributed by atoms with Gasteiger partial charge >= 0.3 is 5.97 Å². The van der Waals surface area contributed by atoms with Crippen LogP contribution < -0.4 is 0 Å². The van der Waals surface area contributed by atoms with Crippen LogP contribution in [0.5, 0.6) is 0 Å². The number of aliphatic hydroxyl groups is 3. The van der Waals surface area contributed by atoms with Crippen molar-refractivity contribution in [2.24, 2.45) is 0 Å². The lowest BCUT2D eigenvalue weighted by Gasteiger charge is -2.14. The van der Waals surface area contributed by atoms with E-state index in [0.29, 0.717) is 0 Å². The van der Waals surface area contributed by atoms with E-state index in [1.807, 2.05) is 0 Å². The van der Waals surface area contributed by atoms with Crippen molar-refractivity contribution >= 4 is 5.97 Å². The summed E-state index contributed by atoms with van der Waals surface area (Å²) in [5.74, 6) is -0.600. The molecule has 0 bridgehead atoms. The van der Waals surface area contributed by atoms with Gasteiger partial charge in [0.25, 0.3) is 0 Å². The molecule has 5 heteroatoms. The van der Waals surface area contributed by atoms with Gasteiger partial charge in [-0.3, -0.25) is 0 Å². The maximum Gasteiger partial charge on any atom is 0.331 e. The van der Waals surface area contributed by atoms with Crippen LogP contribution in [0.3, 0.4) is 0 Å². The Labute approximate surface area is 68.9 Å². The minimum atomic E-state index is -1.13. The average molecular weight is 174 g/mol. The molecule has 0 saturated carbocycles. The molecule has 1 rings (SSSR count). The Balaban J connectivity index is 2.72. The van der Waals surface area contributed by atoms with Crippen molar-refractivity contribution in [2.45, 2.75) is 12.2 Å². The molecule has 1 heterocycles. The predicted octanol–water partition coefficient (Wildman–Crippen LogP) is -1.82. The maximum absolute atomic E-state index is 10.6. The van der Waals surface area contributed by atoms with Crippen molar-refractivity contribution in [3.8, 4) is 0 Å². The monoisotopic (exact) mass is 174 g/mol. The summed E-state index contributed by atoms with van der Waals surface area (Å²) in [4.78, 5) is 10.6. The predicted molar refractivity (Wildman–Crippen MR) is 38.1 cm³/mol. The van der Waals surface area contributed by atoms with Gasteiger partial charge in [-0.25, -0.2) is 4.79 Å². The summed E-state index contributed by atoms with van der Waals surface area (Å²) in [5.41, 5.74) is 0.227. The van der Waals surface area contributed by atoms with Crippen LogP contribution in [-0.4, -0.2) is 46.7 Å². The van der Waals surface area contributed by atoms with Crippen LogP contribution in [0.25, 0.3) is 0 Å². The zero-order chi connectivity index (χ0) is 9.14. The minimum absolute atomic E-state index is 0.227. The lowest BCUT2D eigenvalue weighted by Crippen LogP contribution is -2.26. The first kappa shape index (κ1) is 9.18. The van der Waals surface area contributed by atoms with E-state index in [1.165, 1.54) is 0 Å². The van der Waals surface area contributed by atoms with Gasteiger partial charge in [0, 0.05) is 11.6 Å². The first-order valence-electron chi connectivity index (χ1n) is 3.51. The summed E-state index contributed by atoms with van der Waals surface area (Å²) in [6, 6.07) is 0. The summed E-state index contributed by atoms with van der Waals surface area (Å²) < 4.78 is 4.59. The molecule has 12 heavy (non-hydrogen) atoms. The van der Waals surface area contributed by atoms with Crippen molar-refractivity contribution in [1.82, 2.24) is 0 Å². The molecular weight excluding hydrogens is 164 g/mol. The smallest absolute Gasteiger partial charge is 0.331 e. The number of hydrogen-bond acceptors (Lipinski definition) is 5. The normalized spacial score (nSPS) is 25.1. The van der Waals surface area contributed by atoms with Gasteiger partial charge in [0.1, 0.15) is 12.2 Å². The van der Waals surface area contributed by atoms with Gasteiger partial charge < -0.3 is 20.1 Å². The van der Waals surface area contributed by atoms with Crippen LogP contribution >= 0.6 is 0 Å². The zero-order valence-electron chi connectivity index (χ0n) is 6.30. The lowest BCUT2D eigenvalue weighted by atomic mass is 10.1. The Morgan fingerprint density at radius 3 is 2.75 bits per heavy atom. The summed E-state index contributed by atoms with van der Waals surface area (Å²) in [5, 5.41) is 26.4. The Bertz CT molecular complexity index is 210. The van der Waals surface area contributed by atoms with Crippen LogP contribution in [0, 0.1) is 0 Å². The van der Waals surface area contributed by atoms with Crippen LogP contribution in [0.4, 0.5) is 0 Å². The van der Waals surface area contributed by atoms with E-state index in [4.69, 9.17) is 15.3 Å². The van der Waals surface area contributed by atoms with Gasteiger partial charge in [0.2, 0.25) is 0 Å². The first-order valence-corrected chi connectivity index (χ1v) is 3.51. The Hall–Kier alpha value is -0.910. The highest BCUT2D eigenvalue weighted by molar-refractivity contribution is 5.86. The lowest BCUT2D eigenvalue weighted by molar-refractivity contribution is -0.140. The third-order valence-corrected chi connectivity index (χ3v) is 1.64. The quantitative estimate of drug-likeness (QED) is 0.439. The fraction of sp³-hybridized carbons (Fsp3) is 0.571. The molecule has 0 unspecified atom stereocenters. The molecule has 0 amide bonds. The fourth-order valence-corrected chi connectivity index (χ4v) is 1.03. The van der Waals surface area contributed by atoms with Crippen molar-refractivity contribution in [3.63, 3.8) is 0 Å². The first-order chi connectivity index (χ1) is 5.69. The molecule has 0 saturated heterocycles. The molecule has 1 aliphatic rings. The highest BCUT2D eigenvalue weighted by atomic mass is 16.6. The van der Waals surface area contributed by atoms with Crippen molar-refractivity contribution in [1.29, 1.82) is 0 Å². The molecule has 2 atom stereocenters. The van der Waals surface area contributed by atoms with E-state index >= 15 is 0 Å². The topological polar surface area (TPSA) is 87.0 Å². The molecule has 0 aromatic heterocycles. The number of ether oxygens (including phenoxy) is 1. The largest absolute Gasteiger partial charge is 0.452 e. The molecule has 68 valence electrons. The molecule has 0 aromatic carbocycles. The number of rotatable bonds is 3. The van der Waals surface area contributed by atoms with Crippen molar-refractivity contribution < 1.29 is 24.9 Å². The van der Waals surface area contributed by atoms with Crippen LogP contribution in [-0.2, 0) is 9.53 Å². The van der Waals surface area contributed by atoms with Gasteiger partial charge in [-0.1, -0.05) is 0 Å². The molecule has 0 radical (unpaired) electrons. The second-order valence-electron chi connectivity index (χ2n) is 2.45. The number of hydrogen-bond donors (Lipinski definition) is 3. The standard InChI is InChI=1S/C7H10O5/c8-2-5(10)4-1-7(11)12-6(4)3-9/h1,5-6,8-10H,2-3H2/t5-,6+/m0/s1. The molecule has 0 aromatic rings. The van der Waals surface area contributed by atoms with Crippen LogP contribution in [0.1, 0.15) is 0 Å². The molecule has 0 spiro atoms. The van der Waals surface area contributed by atoms with Crippen molar-refractivity contribution in [3.05, 3.63) is 11.6 Å². The number of esters is 1. The van der Waals surface area contributed by atoms with Crippen LogP contribution in [0.2, 0.25) is 0 Å². The molecular formula is C7H10O5. The van der Waals surface area contributed by atoms with Gasteiger partial charge in [0.15, 0.2) is 0 Å². The third-order valence-electron chi connectivity index (χ3n) is 1.64. The Morgan fingerprint density at radius 1 is 1.58 bits per heavy atom. The average Bonchev–Trinajstić information content (AvgIpc) is 2.45. The number of aliphatic hydroxyl groups excluding tert-OH is 3. The van der Waals surface area contributed by atoms with Gasteiger partial charge in [-0.2, -0.15) is 0 Å². The summed E-state index contributed by atoms with van der Waals surface area (Å²) in [6.45, 7) is -0.867. The highest BCUT2D eigenvalue weighted by Gasteiger charge is 2.29. The SMILES string of the molecule is O=C1C=C([C@@H](O)CO)[C@@H](CO)O1. The second kappa shape index (κ2) is 3.66. The maximum atomic E-state index is 10.6. The fourth-order valence-electron chi connectivity index (χ4n) is 1.03. The van der Waals surface area contributed by atoms with E-state index < -0.39 is 24.8 Å². The Kier molecular flexibility index (Phi) is 2.80. The van der Waals surface area contributed by atoms with Crippen LogP contribution in [0.15, 0.2) is 11.6 Å². The number of carbonyl (C=O) groups is 1. The summed E-state index contributed by atoms with van der Waals surface area (Å²) in [7, 11) is 0. The van der Waals surface area contributed by atoms with E-state index in [-0.39, 0.29) is 12.2 Å². The summed E-state index contributed by atoms with van der Waals surface area (Å²) in [6.07, 6.45) is -0.852. The van der Waals surface area contributed by atoms with Crippen molar-refractivity contribution in [2.75, 3.05) is 13.2 Å².